The van der Waals surface area contributed by atoms with Crippen LogP contribution >= 0.6 is 0 Å². The van der Waals surface area contributed by atoms with Crippen LogP contribution in [0.5, 0.6) is 0 Å². The second kappa shape index (κ2) is 8.90. The highest BCUT2D eigenvalue weighted by atomic mass is 16.7. The molecule has 2 aromatic heterocycles. The zero-order chi connectivity index (χ0) is 22.3. The van der Waals surface area contributed by atoms with Crippen molar-refractivity contribution in [3.63, 3.8) is 0 Å². The molecule has 0 unspecified atom stereocenters. The molecular weight excluding hydrogens is 412 g/mol. The van der Waals surface area contributed by atoms with Gasteiger partial charge in [0.05, 0.1) is 23.0 Å². The summed E-state index contributed by atoms with van der Waals surface area (Å²) in [5, 5.41) is 14.3. The third-order valence-corrected chi connectivity index (χ3v) is 8.60. The smallest absolute Gasteiger partial charge is 0.159 e. The van der Waals surface area contributed by atoms with Gasteiger partial charge in [0.2, 0.25) is 0 Å². The molecule has 7 heteroatoms. The lowest BCUT2D eigenvalue weighted by Gasteiger charge is -2.37. The van der Waals surface area contributed by atoms with Crippen LogP contribution in [0.2, 0.25) is 0 Å². The summed E-state index contributed by atoms with van der Waals surface area (Å²) >= 11 is 0. The summed E-state index contributed by atoms with van der Waals surface area (Å²) in [6.45, 7) is 5.35. The number of hydrogen-bond donors (Lipinski definition) is 1. The van der Waals surface area contributed by atoms with E-state index in [-0.39, 0.29) is 5.60 Å². The van der Waals surface area contributed by atoms with Crippen LogP contribution in [0.15, 0.2) is 17.5 Å². The van der Waals surface area contributed by atoms with Gasteiger partial charge in [-0.25, -0.2) is 9.67 Å². The molecule has 0 radical (unpaired) electrons. The van der Waals surface area contributed by atoms with Crippen LogP contribution in [0.4, 0.5) is 5.69 Å². The number of hydrogen-bond acceptors (Lipinski definition) is 6. The summed E-state index contributed by atoms with van der Waals surface area (Å²) in [7, 11) is 0. The summed E-state index contributed by atoms with van der Waals surface area (Å²) in [4.78, 5) is 13.7. The average molecular weight is 451 g/mol. The molecule has 1 saturated heterocycles. The van der Waals surface area contributed by atoms with Crippen LogP contribution in [0.25, 0.3) is 11.0 Å². The summed E-state index contributed by atoms with van der Waals surface area (Å²) in [5.41, 5.74) is 4.20. The molecule has 2 saturated carbocycles. The molecule has 0 atom stereocenters. The number of nitrogens with zero attached hydrogens (tertiary/aromatic N) is 5. The van der Waals surface area contributed by atoms with Gasteiger partial charge in [0.1, 0.15) is 5.60 Å². The number of likely N-dealkylation sites (tertiary alicyclic amines) is 1. The minimum absolute atomic E-state index is 0.0833. The first kappa shape index (κ1) is 21.4. The number of piperidine rings is 1. The Morgan fingerprint density at radius 3 is 2.58 bits per heavy atom. The largest absolute Gasteiger partial charge is 0.389 e. The van der Waals surface area contributed by atoms with E-state index < -0.39 is 0 Å². The Balaban J connectivity index is 1.26. The molecule has 4 heterocycles. The molecule has 1 N–H and O–H groups in total. The van der Waals surface area contributed by atoms with Gasteiger partial charge in [-0.15, -0.1) is 0 Å². The van der Waals surface area contributed by atoms with Crippen molar-refractivity contribution in [2.75, 3.05) is 18.4 Å². The second-order valence-corrected chi connectivity index (χ2v) is 10.7. The van der Waals surface area contributed by atoms with Crippen molar-refractivity contribution >= 4 is 22.4 Å². The minimum atomic E-state index is -0.0833. The number of aryl methyl sites for hydroxylation is 1. The fourth-order valence-corrected chi connectivity index (χ4v) is 6.65. The lowest BCUT2D eigenvalue weighted by Crippen LogP contribution is -2.43. The average Bonchev–Trinajstić information content (AvgIpc) is 3.61. The molecule has 2 aliphatic carbocycles. The monoisotopic (exact) mass is 450 g/mol. The molecule has 6 rings (SSSR count). The summed E-state index contributed by atoms with van der Waals surface area (Å²) in [5.74, 6) is 0. The highest BCUT2D eigenvalue weighted by Gasteiger charge is 2.41. The van der Waals surface area contributed by atoms with Gasteiger partial charge in [0.15, 0.2) is 5.65 Å². The van der Waals surface area contributed by atoms with E-state index in [1.807, 2.05) is 17.1 Å². The van der Waals surface area contributed by atoms with Crippen molar-refractivity contribution < 1.29 is 4.84 Å². The van der Waals surface area contributed by atoms with Crippen molar-refractivity contribution in [1.82, 2.24) is 19.7 Å². The zero-order valence-electron chi connectivity index (χ0n) is 20.1. The van der Waals surface area contributed by atoms with E-state index >= 15 is 0 Å². The molecule has 0 bridgehead atoms. The minimum Gasteiger partial charge on any atom is -0.389 e. The number of nitrogens with one attached hydrogen (secondary N) is 1. The summed E-state index contributed by atoms with van der Waals surface area (Å²) < 4.78 is 1.99. The Morgan fingerprint density at radius 1 is 1.03 bits per heavy atom. The molecule has 33 heavy (non-hydrogen) atoms. The summed E-state index contributed by atoms with van der Waals surface area (Å²) in [6, 6.07) is 1.30. The van der Waals surface area contributed by atoms with E-state index in [2.05, 4.69) is 27.4 Å². The maximum absolute atomic E-state index is 6.11. The number of rotatable bonds is 5. The van der Waals surface area contributed by atoms with Crippen LogP contribution in [0, 0.1) is 0 Å². The molecule has 0 aromatic carbocycles. The van der Waals surface area contributed by atoms with E-state index in [0.29, 0.717) is 6.04 Å². The fraction of sp³-hybridized carbons (Fsp3) is 0.731. The van der Waals surface area contributed by atoms with Gasteiger partial charge < -0.3 is 15.1 Å². The standard InChI is InChI=1S/C26H38N6O/c1-2-32-25-22(18-28-32)24(29-19-10-14-31(15-11-19)20-8-4-5-9-20)21(17-27-25)23-16-26(33-30-23)12-6-3-7-13-26/h17-20H,2-16H2,1H3,(H,27,29). The highest BCUT2D eigenvalue weighted by Crippen LogP contribution is 2.41. The molecule has 7 nitrogen and oxygen atoms in total. The molecular formula is C26H38N6O. The summed E-state index contributed by atoms with van der Waals surface area (Å²) in [6.07, 6.45) is 18.9. The first-order valence-electron chi connectivity index (χ1n) is 13.4. The molecule has 178 valence electrons. The predicted octanol–water partition coefficient (Wildman–Crippen LogP) is 5.10. The Labute approximate surface area is 196 Å². The Morgan fingerprint density at radius 2 is 1.82 bits per heavy atom. The van der Waals surface area contributed by atoms with Gasteiger partial charge in [-0.05, 0) is 58.3 Å². The van der Waals surface area contributed by atoms with Crippen molar-refractivity contribution in [3.05, 3.63) is 18.0 Å². The first-order chi connectivity index (χ1) is 16.2. The maximum atomic E-state index is 6.11. The zero-order valence-corrected chi connectivity index (χ0v) is 20.1. The normalized spacial score (nSPS) is 24.5. The van der Waals surface area contributed by atoms with Crippen molar-refractivity contribution in [1.29, 1.82) is 0 Å². The van der Waals surface area contributed by atoms with E-state index in [1.165, 1.54) is 70.9 Å². The fourth-order valence-electron chi connectivity index (χ4n) is 6.65. The Bertz CT molecular complexity index is 1010. The lowest BCUT2D eigenvalue weighted by molar-refractivity contribution is -0.0449. The van der Waals surface area contributed by atoms with Crippen molar-refractivity contribution in [3.8, 4) is 0 Å². The Hall–Kier alpha value is -2.15. The molecule has 2 aliphatic heterocycles. The quantitative estimate of drug-likeness (QED) is 0.687. The van der Waals surface area contributed by atoms with Crippen molar-refractivity contribution in [2.45, 2.75) is 108 Å². The SMILES string of the molecule is CCn1ncc2c(NC3CCN(C4CCCC4)CC3)c(C3=NOC4(CCCCC4)C3)cnc21. The molecule has 3 fully saturated rings. The van der Waals surface area contributed by atoms with Gasteiger partial charge in [-0.2, -0.15) is 5.10 Å². The van der Waals surface area contributed by atoms with E-state index in [0.717, 1.165) is 59.8 Å². The molecule has 0 amide bonds. The van der Waals surface area contributed by atoms with Crippen LogP contribution < -0.4 is 5.32 Å². The molecule has 4 aliphatic rings. The van der Waals surface area contributed by atoms with Gasteiger partial charge >= 0.3 is 0 Å². The van der Waals surface area contributed by atoms with E-state index in [9.17, 15) is 0 Å². The van der Waals surface area contributed by atoms with Crippen molar-refractivity contribution in [2.24, 2.45) is 5.16 Å². The van der Waals surface area contributed by atoms with Gasteiger partial charge in [0.25, 0.3) is 0 Å². The van der Waals surface area contributed by atoms with E-state index in [4.69, 9.17) is 9.82 Å². The highest BCUT2D eigenvalue weighted by molar-refractivity contribution is 6.10. The molecule has 1 spiro atoms. The molecule has 2 aromatic rings. The predicted molar refractivity (Wildman–Crippen MR) is 132 cm³/mol. The van der Waals surface area contributed by atoms with Crippen LogP contribution in [0.1, 0.15) is 89.5 Å². The number of aromatic nitrogens is 3. The van der Waals surface area contributed by atoms with Gasteiger partial charge in [0, 0.05) is 49.9 Å². The first-order valence-corrected chi connectivity index (χ1v) is 13.4. The van der Waals surface area contributed by atoms with Crippen LogP contribution in [0.3, 0.4) is 0 Å². The lowest BCUT2D eigenvalue weighted by atomic mass is 9.80. The maximum Gasteiger partial charge on any atom is 0.159 e. The number of anilines is 1. The Kier molecular flexibility index (Phi) is 5.76. The van der Waals surface area contributed by atoms with Gasteiger partial charge in [-0.3, -0.25) is 0 Å². The number of pyridine rings is 1. The second-order valence-electron chi connectivity index (χ2n) is 10.7. The van der Waals surface area contributed by atoms with Crippen LogP contribution in [-0.4, -0.2) is 56.2 Å². The van der Waals surface area contributed by atoms with E-state index in [1.54, 1.807) is 0 Å². The number of fused-ring (bicyclic) bond motifs is 1. The van der Waals surface area contributed by atoms with Crippen LogP contribution in [-0.2, 0) is 11.4 Å². The third-order valence-electron chi connectivity index (χ3n) is 8.60. The topological polar surface area (TPSA) is 67.6 Å². The van der Waals surface area contributed by atoms with Gasteiger partial charge in [-0.1, -0.05) is 24.4 Å². The number of oxime groups is 1. The third kappa shape index (κ3) is 4.02.